The molecule has 0 saturated carbocycles. The molecule has 0 aliphatic rings. The quantitative estimate of drug-likeness (QED) is 0.471. The number of para-hydroxylation sites is 1. The van der Waals surface area contributed by atoms with Crippen molar-refractivity contribution in [3.63, 3.8) is 0 Å². The van der Waals surface area contributed by atoms with Crippen molar-refractivity contribution >= 4 is 59.5 Å². The summed E-state index contributed by atoms with van der Waals surface area (Å²) in [5.74, 6) is 0.0376. The van der Waals surface area contributed by atoms with Crippen LogP contribution >= 0.6 is 27.3 Å². The van der Waals surface area contributed by atoms with Crippen molar-refractivity contribution < 1.29 is 9.21 Å². The minimum absolute atomic E-state index is 0.281. The molecule has 0 unspecified atom stereocenters. The number of aromatic nitrogens is 1. The maximum atomic E-state index is 12.6. The summed E-state index contributed by atoms with van der Waals surface area (Å²) >= 11 is 4.90. The lowest BCUT2D eigenvalue weighted by Gasteiger charge is -1.98. The summed E-state index contributed by atoms with van der Waals surface area (Å²) in [7, 11) is 0. The Morgan fingerprint density at radius 1 is 1.25 bits per heavy atom. The molecular weight excluding hydrogens is 388 g/mol. The summed E-state index contributed by atoms with van der Waals surface area (Å²) < 4.78 is 7.73. The first-order valence-corrected chi connectivity index (χ1v) is 9.00. The van der Waals surface area contributed by atoms with Gasteiger partial charge in [-0.15, -0.1) is 0 Å². The van der Waals surface area contributed by atoms with Crippen molar-refractivity contribution in [3.8, 4) is 0 Å². The van der Waals surface area contributed by atoms with E-state index in [1.54, 1.807) is 0 Å². The molecule has 0 bridgehead atoms. The first-order chi connectivity index (χ1) is 11.5. The molecule has 2 aromatic carbocycles. The van der Waals surface area contributed by atoms with Crippen LogP contribution in [-0.4, -0.2) is 10.9 Å². The number of rotatable bonds is 2. The Morgan fingerprint density at radius 3 is 2.88 bits per heavy atom. The maximum absolute atomic E-state index is 12.6. The van der Waals surface area contributed by atoms with Gasteiger partial charge in [0.25, 0.3) is 5.91 Å². The van der Waals surface area contributed by atoms with Gasteiger partial charge in [-0.3, -0.25) is 10.1 Å². The third kappa shape index (κ3) is 2.52. The van der Waals surface area contributed by atoms with E-state index in [-0.39, 0.29) is 5.91 Å². The number of furan rings is 1. The molecule has 0 spiro atoms. The largest absolute Gasteiger partial charge is 0.451 e. The van der Waals surface area contributed by atoms with Gasteiger partial charge in [0.2, 0.25) is 0 Å². The fraction of sp³-hybridized carbons (Fsp3) is 0.111. The van der Waals surface area contributed by atoms with E-state index in [1.807, 2.05) is 50.2 Å². The maximum Gasteiger partial charge on any atom is 0.293 e. The standard InChI is InChI=1S/C18H13BrN2O2S/c1-9-4-3-5-14-15(9)20-18(24-14)21-17(22)16-10(2)12-8-11(19)6-7-13(12)23-16/h3-8H,1-2H3,(H,20,21,22). The molecule has 0 aliphatic heterocycles. The molecule has 0 radical (unpaired) electrons. The van der Waals surface area contributed by atoms with Gasteiger partial charge in [-0.25, -0.2) is 4.98 Å². The van der Waals surface area contributed by atoms with Crippen molar-refractivity contribution in [1.29, 1.82) is 0 Å². The van der Waals surface area contributed by atoms with Crippen molar-refractivity contribution in [2.24, 2.45) is 0 Å². The zero-order chi connectivity index (χ0) is 16.8. The van der Waals surface area contributed by atoms with Gasteiger partial charge >= 0.3 is 0 Å². The third-order valence-electron chi connectivity index (χ3n) is 3.95. The molecule has 6 heteroatoms. The summed E-state index contributed by atoms with van der Waals surface area (Å²) in [6.07, 6.45) is 0. The summed E-state index contributed by atoms with van der Waals surface area (Å²) in [6, 6.07) is 11.7. The number of fused-ring (bicyclic) bond motifs is 2. The van der Waals surface area contributed by atoms with Crippen molar-refractivity contribution in [2.45, 2.75) is 13.8 Å². The van der Waals surface area contributed by atoms with Gasteiger partial charge in [0, 0.05) is 15.4 Å². The second-order valence-corrected chi connectivity index (χ2v) is 7.54. The second kappa shape index (κ2) is 5.72. The Morgan fingerprint density at radius 2 is 2.08 bits per heavy atom. The normalized spacial score (nSPS) is 11.3. The van der Waals surface area contributed by atoms with E-state index in [9.17, 15) is 4.79 Å². The predicted molar refractivity (Wildman–Crippen MR) is 101 cm³/mol. The molecule has 0 aliphatic carbocycles. The van der Waals surface area contributed by atoms with E-state index in [0.717, 1.165) is 31.2 Å². The SMILES string of the molecule is Cc1c(C(=O)Nc2nc3c(C)cccc3s2)oc2ccc(Br)cc12. The molecule has 2 heterocycles. The number of amides is 1. The van der Waals surface area contributed by atoms with Crippen molar-refractivity contribution in [3.05, 3.63) is 57.8 Å². The molecule has 2 aromatic heterocycles. The van der Waals surface area contributed by atoms with E-state index < -0.39 is 0 Å². The van der Waals surface area contributed by atoms with Gasteiger partial charge in [-0.1, -0.05) is 39.4 Å². The molecule has 0 atom stereocenters. The van der Waals surface area contributed by atoms with Gasteiger partial charge in [0.1, 0.15) is 5.58 Å². The number of carbonyl (C=O) groups excluding carboxylic acids is 1. The summed E-state index contributed by atoms with van der Waals surface area (Å²) in [5, 5.41) is 4.35. The van der Waals surface area contributed by atoms with Crippen molar-refractivity contribution in [2.75, 3.05) is 5.32 Å². The van der Waals surface area contributed by atoms with E-state index in [4.69, 9.17) is 4.42 Å². The van der Waals surface area contributed by atoms with Crippen LogP contribution < -0.4 is 5.32 Å². The van der Waals surface area contributed by atoms with E-state index in [0.29, 0.717) is 16.5 Å². The number of nitrogens with zero attached hydrogens (tertiary/aromatic N) is 1. The summed E-state index contributed by atoms with van der Waals surface area (Å²) in [4.78, 5) is 17.1. The lowest BCUT2D eigenvalue weighted by molar-refractivity contribution is 0.0998. The molecular formula is C18H13BrN2O2S. The topological polar surface area (TPSA) is 55.1 Å². The van der Waals surface area contributed by atoms with E-state index >= 15 is 0 Å². The van der Waals surface area contributed by atoms with Crippen LogP contribution in [0, 0.1) is 13.8 Å². The number of benzene rings is 2. The highest BCUT2D eigenvalue weighted by Crippen LogP contribution is 2.31. The second-order valence-electron chi connectivity index (χ2n) is 5.59. The number of anilines is 1. The minimum Gasteiger partial charge on any atom is -0.451 e. The minimum atomic E-state index is -0.281. The van der Waals surface area contributed by atoms with Gasteiger partial charge in [-0.05, 0) is 43.7 Å². The number of halogens is 1. The van der Waals surface area contributed by atoms with Crippen LogP contribution in [-0.2, 0) is 0 Å². The highest BCUT2D eigenvalue weighted by molar-refractivity contribution is 9.10. The number of aryl methyl sites for hydroxylation is 2. The van der Waals surface area contributed by atoms with Gasteiger partial charge in [0.15, 0.2) is 10.9 Å². The highest BCUT2D eigenvalue weighted by atomic mass is 79.9. The Bertz CT molecular complexity index is 1100. The Balaban J connectivity index is 1.70. The first-order valence-electron chi connectivity index (χ1n) is 7.39. The molecule has 1 amide bonds. The lowest BCUT2D eigenvalue weighted by Crippen LogP contribution is -2.11. The average molecular weight is 401 g/mol. The van der Waals surface area contributed by atoms with Crippen LogP contribution in [0.5, 0.6) is 0 Å². The van der Waals surface area contributed by atoms with Crippen molar-refractivity contribution in [1.82, 2.24) is 4.98 Å². The van der Waals surface area contributed by atoms with E-state index in [1.165, 1.54) is 11.3 Å². The van der Waals surface area contributed by atoms with Crippen LogP contribution in [0.2, 0.25) is 0 Å². The molecule has 0 saturated heterocycles. The predicted octanol–water partition coefficient (Wildman–Crippen LogP) is 5.67. The first kappa shape index (κ1) is 15.4. The molecule has 120 valence electrons. The number of hydrogen-bond donors (Lipinski definition) is 1. The van der Waals surface area contributed by atoms with Crippen LogP contribution in [0.3, 0.4) is 0 Å². The summed E-state index contributed by atoms with van der Waals surface area (Å²) in [5.41, 5.74) is 3.53. The van der Waals surface area contributed by atoms with Crippen LogP contribution in [0.15, 0.2) is 45.3 Å². The zero-order valence-electron chi connectivity index (χ0n) is 13.0. The fourth-order valence-corrected chi connectivity index (χ4v) is 4.00. The smallest absolute Gasteiger partial charge is 0.293 e. The van der Waals surface area contributed by atoms with Gasteiger partial charge in [-0.2, -0.15) is 0 Å². The van der Waals surface area contributed by atoms with Gasteiger partial charge in [0.05, 0.1) is 10.2 Å². The highest BCUT2D eigenvalue weighted by Gasteiger charge is 2.19. The van der Waals surface area contributed by atoms with Crippen LogP contribution in [0.4, 0.5) is 5.13 Å². The molecule has 4 aromatic rings. The van der Waals surface area contributed by atoms with Gasteiger partial charge < -0.3 is 4.42 Å². The lowest BCUT2D eigenvalue weighted by atomic mass is 10.1. The molecule has 24 heavy (non-hydrogen) atoms. The zero-order valence-corrected chi connectivity index (χ0v) is 15.4. The molecule has 4 rings (SSSR count). The molecule has 4 nitrogen and oxygen atoms in total. The number of carbonyl (C=O) groups is 1. The average Bonchev–Trinajstić information content (AvgIpc) is 3.10. The number of hydrogen-bond acceptors (Lipinski definition) is 4. The Labute approximate surface area is 150 Å². The van der Waals surface area contributed by atoms with E-state index in [2.05, 4.69) is 26.2 Å². The Hall–Kier alpha value is -2.18. The third-order valence-corrected chi connectivity index (χ3v) is 5.37. The fourth-order valence-electron chi connectivity index (χ4n) is 2.70. The molecule has 0 fully saturated rings. The summed E-state index contributed by atoms with van der Waals surface area (Å²) in [6.45, 7) is 3.89. The Kier molecular flexibility index (Phi) is 3.66. The number of nitrogens with one attached hydrogen (secondary N) is 1. The molecule has 1 N–H and O–H groups in total. The monoisotopic (exact) mass is 400 g/mol. The number of thiazole rings is 1. The van der Waals surface area contributed by atoms with Crippen LogP contribution in [0.1, 0.15) is 21.7 Å². The van der Waals surface area contributed by atoms with Crippen LogP contribution in [0.25, 0.3) is 21.2 Å².